The van der Waals surface area contributed by atoms with Crippen LogP contribution in [-0.2, 0) is 11.2 Å². The minimum atomic E-state index is -0.824. The number of aromatic amines is 1. The van der Waals surface area contributed by atoms with Gasteiger partial charge in [0, 0.05) is 29.1 Å². The van der Waals surface area contributed by atoms with E-state index in [1.807, 2.05) is 56.4 Å². The third-order valence-electron chi connectivity index (χ3n) is 4.87. The van der Waals surface area contributed by atoms with Crippen molar-refractivity contribution in [1.82, 2.24) is 15.1 Å². The zero-order valence-electron chi connectivity index (χ0n) is 17.3. The molecule has 2 aromatic heterocycles. The summed E-state index contributed by atoms with van der Waals surface area (Å²) in [4.78, 5) is 18.7. The minimum absolute atomic E-state index is 0.0729. The Bertz CT molecular complexity index is 1210. The number of carboxylic acid groups (broad SMARTS) is 1. The van der Waals surface area contributed by atoms with Crippen LogP contribution in [0.5, 0.6) is 11.5 Å². The fraction of sp³-hybridized carbons (Fsp3) is 0.261. The molecule has 0 amide bonds. The molecule has 0 radical (unpaired) electrons. The molecule has 0 unspecified atom stereocenters. The smallest absolute Gasteiger partial charge is 0.303 e. The van der Waals surface area contributed by atoms with Crippen LogP contribution in [-0.4, -0.2) is 39.4 Å². The molecule has 0 atom stereocenters. The van der Waals surface area contributed by atoms with Crippen LogP contribution >= 0.6 is 0 Å². The van der Waals surface area contributed by atoms with Gasteiger partial charge in [-0.05, 0) is 50.1 Å². The molecule has 160 valence electrons. The number of aromatic nitrogens is 3. The summed E-state index contributed by atoms with van der Waals surface area (Å²) in [5.74, 6) is 1.27. The van der Waals surface area contributed by atoms with E-state index < -0.39 is 5.97 Å². The number of carbonyl (C=O) groups is 1. The lowest BCUT2D eigenvalue weighted by Gasteiger charge is -2.11. The average Bonchev–Trinajstić information content (AvgIpc) is 3.41. The molecule has 8 heteroatoms. The lowest BCUT2D eigenvalue weighted by molar-refractivity contribution is -0.136. The molecular weight excluding hydrogens is 398 g/mol. The first-order chi connectivity index (χ1) is 15.1. The second kappa shape index (κ2) is 8.91. The van der Waals surface area contributed by atoms with Gasteiger partial charge in [-0.2, -0.15) is 4.98 Å². The second-order valence-electron chi connectivity index (χ2n) is 6.89. The van der Waals surface area contributed by atoms with Crippen LogP contribution in [0.4, 0.5) is 0 Å². The largest absolute Gasteiger partial charge is 0.490 e. The lowest BCUT2D eigenvalue weighted by Crippen LogP contribution is -1.98. The first-order valence-corrected chi connectivity index (χ1v) is 10.2. The molecule has 2 aromatic carbocycles. The van der Waals surface area contributed by atoms with Gasteiger partial charge >= 0.3 is 5.97 Å². The quantitative estimate of drug-likeness (QED) is 0.403. The fourth-order valence-electron chi connectivity index (χ4n) is 3.48. The lowest BCUT2D eigenvalue weighted by atomic mass is 10.1. The van der Waals surface area contributed by atoms with Gasteiger partial charge in [-0.25, -0.2) is 0 Å². The molecule has 0 bridgehead atoms. The summed E-state index contributed by atoms with van der Waals surface area (Å²) in [6, 6.07) is 11.3. The molecule has 31 heavy (non-hydrogen) atoms. The van der Waals surface area contributed by atoms with Crippen LogP contribution in [0.1, 0.15) is 25.8 Å². The van der Waals surface area contributed by atoms with Crippen molar-refractivity contribution in [2.75, 3.05) is 13.2 Å². The summed E-state index contributed by atoms with van der Waals surface area (Å²) < 4.78 is 16.8. The Hall–Kier alpha value is -3.81. The molecule has 0 aliphatic rings. The molecule has 0 spiro atoms. The molecule has 0 saturated carbocycles. The number of H-pyrrole nitrogens is 1. The number of para-hydroxylation sites is 1. The van der Waals surface area contributed by atoms with Crippen LogP contribution in [0.25, 0.3) is 33.7 Å². The van der Waals surface area contributed by atoms with Gasteiger partial charge in [-0.1, -0.05) is 17.3 Å². The van der Waals surface area contributed by atoms with Crippen molar-refractivity contribution < 1.29 is 23.9 Å². The van der Waals surface area contributed by atoms with Gasteiger partial charge in [-0.3, -0.25) is 4.79 Å². The number of benzene rings is 2. The van der Waals surface area contributed by atoms with E-state index in [-0.39, 0.29) is 6.42 Å². The number of carboxylic acids is 1. The highest BCUT2D eigenvalue weighted by molar-refractivity contribution is 5.94. The summed E-state index contributed by atoms with van der Waals surface area (Å²) in [6.45, 7) is 4.88. The van der Waals surface area contributed by atoms with E-state index in [2.05, 4.69) is 15.1 Å². The Morgan fingerprint density at radius 2 is 1.94 bits per heavy atom. The molecule has 8 nitrogen and oxygen atoms in total. The molecule has 0 saturated heterocycles. The van der Waals surface area contributed by atoms with E-state index in [4.69, 9.17) is 19.1 Å². The van der Waals surface area contributed by atoms with Crippen molar-refractivity contribution in [1.29, 1.82) is 0 Å². The normalized spacial score (nSPS) is 11.0. The molecule has 2 N–H and O–H groups in total. The number of nitrogens with zero attached hydrogens (tertiary/aromatic N) is 2. The zero-order valence-corrected chi connectivity index (χ0v) is 17.3. The first-order valence-electron chi connectivity index (χ1n) is 10.2. The Kier molecular flexibility index (Phi) is 5.88. The van der Waals surface area contributed by atoms with Gasteiger partial charge in [0.1, 0.15) is 0 Å². The van der Waals surface area contributed by atoms with Gasteiger partial charge in [0.05, 0.1) is 18.7 Å². The van der Waals surface area contributed by atoms with Crippen LogP contribution in [0, 0.1) is 0 Å². The standard InChI is InChI=1S/C23H23N3O5/c1-3-29-18-10-8-14(12-19(18)30-4-2)23-25-22(26-31-23)17-7-5-6-16-15(9-11-20(27)28)13-24-21(16)17/h5-8,10,12-13,24H,3-4,9,11H2,1-2H3,(H,27,28). The summed E-state index contributed by atoms with van der Waals surface area (Å²) in [5, 5.41) is 14.1. The fourth-order valence-corrected chi connectivity index (χ4v) is 3.48. The number of ether oxygens (including phenoxy) is 2. The monoisotopic (exact) mass is 421 g/mol. The summed E-state index contributed by atoms with van der Waals surface area (Å²) >= 11 is 0. The SMILES string of the molecule is CCOc1ccc(-c2nc(-c3cccc4c(CCC(=O)O)c[nH]c34)no2)cc1OCC. The number of hydrogen-bond donors (Lipinski definition) is 2. The number of aryl methyl sites for hydroxylation is 1. The van der Waals surface area contributed by atoms with E-state index in [0.717, 1.165) is 27.6 Å². The Balaban J connectivity index is 1.67. The van der Waals surface area contributed by atoms with Gasteiger partial charge in [0.15, 0.2) is 11.5 Å². The van der Waals surface area contributed by atoms with Crippen molar-refractivity contribution in [3.8, 4) is 34.3 Å². The molecule has 4 aromatic rings. The van der Waals surface area contributed by atoms with E-state index in [1.54, 1.807) is 0 Å². The van der Waals surface area contributed by atoms with Gasteiger partial charge in [-0.15, -0.1) is 0 Å². The van der Waals surface area contributed by atoms with Crippen LogP contribution < -0.4 is 9.47 Å². The van der Waals surface area contributed by atoms with Crippen molar-refractivity contribution in [2.45, 2.75) is 26.7 Å². The second-order valence-corrected chi connectivity index (χ2v) is 6.89. The third-order valence-corrected chi connectivity index (χ3v) is 4.87. The van der Waals surface area contributed by atoms with Gasteiger partial charge in [0.2, 0.25) is 5.82 Å². The van der Waals surface area contributed by atoms with Crippen molar-refractivity contribution in [3.05, 3.63) is 48.2 Å². The maximum atomic E-state index is 10.9. The number of nitrogens with one attached hydrogen (secondary N) is 1. The summed E-state index contributed by atoms with van der Waals surface area (Å²) in [7, 11) is 0. The molecular formula is C23H23N3O5. The predicted molar refractivity (Wildman–Crippen MR) is 115 cm³/mol. The number of aliphatic carboxylic acids is 1. The van der Waals surface area contributed by atoms with Crippen molar-refractivity contribution in [2.24, 2.45) is 0 Å². The number of hydrogen-bond acceptors (Lipinski definition) is 6. The Labute approximate surface area is 178 Å². The first kappa shape index (κ1) is 20.5. The van der Waals surface area contributed by atoms with Gasteiger partial charge < -0.3 is 24.1 Å². The number of rotatable bonds is 9. The molecule has 0 fully saturated rings. The highest BCUT2D eigenvalue weighted by Gasteiger charge is 2.17. The molecule has 2 heterocycles. The zero-order chi connectivity index (χ0) is 21.8. The van der Waals surface area contributed by atoms with Crippen LogP contribution in [0.15, 0.2) is 47.1 Å². The Morgan fingerprint density at radius 3 is 2.71 bits per heavy atom. The van der Waals surface area contributed by atoms with Crippen LogP contribution in [0.3, 0.4) is 0 Å². The molecule has 0 aliphatic heterocycles. The summed E-state index contributed by atoms with van der Waals surface area (Å²) in [6.07, 6.45) is 2.35. The van der Waals surface area contributed by atoms with Crippen molar-refractivity contribution in [3.63, 3.8) is 0 Å². The highest BCUT2D eigenvalue weighted by atomic mass is 16.5. The maximum absolute atomic E-state index is 10.9. The Morgan fingerprint density at radius 1 is 1.13 bits per heavy atom. The minimum Gasteiger partial charge on any atom is -0.490 e. The van der Waals surface area contributed by atoms with Crippen molar-refractivity contribution >= 4 is 16.9 Å². The summed E-state index contributed by atoms with van der Waals surface area (Å²) in [5.41, 5.74) is 3.30. The highest BCUT2D eigenvalue weighted by Crippen LogP contribution is 2.34. The predicted octanol–water partition coefficient (Wildman–Crippen LogP) is 4.70. The third kappa shape index (κ3) is 4.23. The van der Waals surface area contributed by atoms with Gasteiger partial charge in [0.25, 0.3) is 5.89 Å². The average molecular weight is 421 g/mol. The topological polar surface area (TPSA) is 110 Å². The van der Waals surface area contributed by atoms with E-state index in [1.165, 1.54) is 0 Å². The van der Waals surface area contributed by atoms with E-state index in [0.29, 0.717) is 42.8 Å². The maximum Gasteiger partial charge on any atom is 0.303 e. The van der Waals surface area contributed by atoms with E-state index in [9.17, 15) is 4.79 Å². The van der Waals surface area contributed by atoms with E-state index >= 15 is 0 Å². The molecule has 0 aliphatic carbocycles. The van der Waals surface area contributed by atoms with Crippen LogP contribution in [0.2, 0.25) is 0 Å². The number of fused-ring (bicyclic) bond motifs is 1. The molecule has 4 rings (SSSR count).